The number of amides is 1. The van der Waals surface area contributed by atoms with Crippen LogP contribution in [0.15, 0.2) is 36.5 Å². The van der Waals surface area contributed by atoms with Crippen molar-refractivity contribution < 1.29 is 14.3 Å². The van der Waals surface area contributed by atoms with Crippen LogP contribution in [0, 0.1) is 0 Å². The van der Waals surface area contributed by atoms with Gasteiger partial charge >= 0.3 is 6.09 Å². The van der Waals surface area contributed by atoms with Crippen LogP contribution < -0.4 is 5.73 Å². The van der Waals surface area contributed by atoms with E-state index in [2.05, 4.69) is 4.74 Å². The van der Waals surface area contributed by atoms with E-state index in [1.54, 1.807) is 30.5 Å². The lowest BCUT2D eigenvalue weighted by molar-refractivity contribution is 0.0991. The van der Waals surface area contributed by atoms with Gasteiger partial charge in [-0.25, -0.2) is 4.79 Å². The minimum atomic E-state index is -0.915. The predicted octanol–water partition coefficient (Wildman–Crippen LogP) is 3.08. The number of halogens is 2. The maximum absolute atomic E-state index is 12.4. The maximum atomic E-state index is 12.4. The van der Waals surface area contributed by atoms with Crippen LogP contribution in [0.3, 0.4) is 0 Å². The fraction of sp³-hybridized carbons (Fsp3) is 0.0769. The second-order valence-electron chi connectivity index (χ2n) is 3.91. The minimum absolute atomic E-state index is 0.144. The molecule has 1 amide bonds. The van der Waals surface area contributed by atoms with E-state index in [1.807, 2.05) is 0 Å². The lowest BCUT2D eigenvalue weighted by Crippen LogP contribution is -2.18. The first kappa shape index (κ1) is 14.4. The molecule has 0 saturated heterocycles. The number of carbonyl (C=O) groups is 2. The Morgan fingerprint density at radius 3 is 2.65 bits per heavy atom. The smallest absolute Gasteiger partial charge is 0.406 e. The fourth-order valence-electron chi connectivity index (χ4n) is 1.68. The molecule has 1 aromatic heterocycles. The minimum Gasteiger partial charge on any atom is -0.428 e. The van der Waals surface area contributed by atoms with E-state index in [0.717, 1.165) is 0 Å². The third-order valence-corrected chi connectivity index (χ3v) is 3.13. The van der Waals surface area contributed by atoms with E-state index in [0.29, 0.717) is 16.3 Å². The summed E-state index contributed by atoms with van der Waals surface area (Å²) in [4.78, 5) is 23.0. The van der Waals surface area contributed by atoms with Gasteiger partial charge in [0.15, 0.2) is 6.73 Å². The van der Waals surface area contributed by atoms with Crippen LogP contribution in [0.1, 0.15) is 16.1 Å². The first-order chi connectivity index (χ1) is 9.49. The Labute approximate surface area is 124 Å². The predicted molar refractivity (Wildman–Crippen MR) is 75.0 cm³/mol. The summed E-state index contributed by atoms with van der Waals surface area (Å²) >= 11 is 11.8. The molecule has 2 rings (SSSR count). The van der Waals surface area contributed by atoms with Gasteiger partial charge in [0.05, 0.1) is 10.7 Å². The Kier molecular flexibility index (Phi) is 4.32. The number of hydrogen-bond acceptors (Lipinski definition) is 3. The first-order valence-corrected chi connectivity index (χ1v) is 6.32. The number of aromatic nitrogens is 1. The Morgan fingerprint density at radius 1 is 1.25 bits per heavy atom. The molecule has 0 aliphatic rings. The van der Waals surface area contributed by atoms with Gasteiger partial charge in [-0.05, 0) is 30.3 Å². The Balaban J connectivity index is 2.29. The van der Waals surface area contributed by atoms with Crippen molar-refractivity contribution in [3.8, 4) is 0 Å². The molecule has 20 heavy (non-hydrogen) atoms. The van der Waals surface area contributed by atoms with Crippen LogP contribution >= 0.6 is 23.2 Å². The number of primary amides is 1. The first-order valence-electron chi connectivity index (χ1n) is 5.56. The normalized spacial score (nSPS) is 10.3. The van der Waals surface area contributed by atoms with Gasteiger partial charge in [0.25, 0.3) is 0 Å². The summed E-state index contributed by atoms with van der Waals surface area (Å²) in [6, 6.07) is 7.86. The molecular formula is C13H10Cl2N2O3. The molecule has 0 fully saturated rings. The molecule has 0 bridgehead atoms. The molecule has 0 radical (unpaired) electrons. The summed E-state index contributed by atoms with van der Waals surface area (Å²) in [5.74, 6) is -0.301. The standard InChI is InChI=1S/C13H10Cl2N2O3/c14-8-3-4-9(10(15)6-8)12(18)11-2-1-5-17(11)7-20-13(16)19/h1-6H,7H2,(H2,16,19). The van der Waals surface area contributed by atoms with Crippen LogP contribution in [0.4, 0.5) is 4.79 Å². The highest BCUT2D eigenvalue weighted by Gasteiger charge is 2.17. The van der Waals surface area contributed by atoms with E-state index < -0.39 is 6.09 Å². The third kappa shape index (κ3) is 3.12. The molecule has 1 heterocycles. The number of carbonyl (C=O) groups excluding carboxylic acids is 2. The Bertz CT molecular complexity index is 667. The molecule has 0 atom stereocenters. The van der Waals surface area contributed by atoms with Crippen molar-refractivity contribution >= 4 is 35.1 Å². The summed E-state index contributed by atoms with van der Waals surface area (Å²) in [5, 5.41) is 0.699. The second-order valence-corrected chi connectivity index (χ2v) is 4.75. The van der Waals surface area contributed by atoms with Gasteiger partial charge in [0, 0.05) is 16.8 Å². The van der Waals surface area contributed by atoms with Crippen LogP contribution in [-0.4, -0.2) is 16.4 Å². The average molecular weight is 313 g/mol. The molecule has 0 aliphatic carbocycles. The van der Waals surface area contributed by atoms with Gasteiger partial charge in [-0.1, -0.05) is 23.2 Å². The quantitative estimate of drug-likeness (QED) is 0.881. The third-order valence-electron chi connectivity index (χ3n) is 2.58. The molecule has 1 aromatic carbocycles. The summed E-state index contributed by atoms with van der Waals surface area (Å²) in [6.07, 6.45) is 0.682. The molecular weight excluding hydrogens is 303 g/mol. The molecule has 0 saturated carbocycles. The molecule has 2 N–H and O–H groups in total. The highest BCUT2D eigenvalue weighted by molar-refractivity contribution is 6.37. The SMILES string of the molecule is NC(=O)OCn1cccc1C(=O)c1ccc(Cl)cc1Cl. The molecule has 104 valence electrons. The summed E-state index contributed by atoms with van der Waals surface area (Å²) in [6.45, 7) is -0.144. The number of ether oxygens (including phenoxy) is 1. The zero-order valence-corrected chi connectivity index (χ0v) is 11.7. The molecule has 0 aliphatic heterocycles. The van der Waals surface area contributed by atoms with Crippen molar-refractivity contribution in [1.82, 2.24) is 4.57 Å². The van der Waals surface area contributed by atoms with Gasteiger partial charge in [-0.3, -0.25) is 4.79 Å². The van der Waals surface area contributed by atoms with Gasteiger partial charge in [-0.15, -0.1) is 0 Å². The van der Waals surface area contributed by atoms with E-state index in [9.17, 15) is 9.59 Å². The molecule has 5 nitrogen and oxygen atoms in total. The molecule has 0 unspecified atom stereocenters. The summed E-state index contributed by atoms with van der Waals surface area (Å²) < 4.78 is 6.11. The van der Waals surface area contributed by atoms with Crippen molar-refractivity contribution in [1.29, 1.82) is 0 Å². The number of ketones is 1. The van der Waals surface area contributed by atoms with Crippen molar-refractivity contribution in [3.63, 3.8) is 0 Å². The van der Waals surface area contributed by atoms with E-state index in [1.165, 1.54) is 10.6 Å². The monoisotopic (exact) mass is 312 g/mol. The largest absolute Gasteiger partial charge is 0.428 e. The zero-order valence-electron chi connectivity index (χ0n) is 10.2. The lowest BCUT2D eigenvalue weighted by atomic mass is 10.1. The highest BCUT2D eigenvalue weighted by Crippen LogP contribution is 2.23. The number of nitrogens with two attached hydrogens (primary N) is 1. The summed E-state index contributed by atoms with van der Waals surface area (Å²) in [5.41, 5.74) is 5.54. The average Bonchev–Trinajstić information content (AvgIpc) is 2.83. The number of rotatable bonds is 4. The topological polar surface area (TPSA) is 74.3 Å². The van der Waals surface area contributed by atoms with Crippen LogP contribution in [0.5, 0.6) is 0 Å². The molecule has 0 spiro atoms. The van der Waals surface area contributed by atoms with Crippen molar-refractivity contribution in [2.45, 2.75) is 6.73 Å². The summed E-state index contributed by atoms with van der Waals surface area (Å²) in [7, 11) is 0. The molecule has 2 aromatic rings. The van der Waals surface area contributed by atoms with E-state index in [4.69, 9.17) is 28.9 Å². The van der Waals surface area contributed by atoms with Gasteiger partial charge < -0.3 is 15.0 Å². The van der Waals surface area contributed by atoms with Crippen molar-refractivity contribution in [2.24, 2.45) is 5.73 Å². The van der Waals surface area contributed by atoms with Gasteiger partial charge in [0.1, 0.15) is 0 Å². The Hall–Kier alpha value is -1.98. The number of nitrogens with zero attached hydrogens (tertiary/aromatic N) is 1. The zero-order chi connectivity index (χ0) is 14.7. The lowest BCUT2D eigenvalue weighted by Gasteiger charge is -2.09. The number of benzene rings is 1. The fourth-order valence-corrected chi connectivity index (χ4v) is 2.17. The van der Waals surface area contributed by atoms with Gasteiger partial charge in [-0.2, -0.15) is 0 Å². The number of hydrogen-bond donors (Lipinski definition) is 1. The van der Waals surface area contributed by atoms with Crippen LogP contribution in [0.2, 0.25) is 10.0 Å². The van der Waals surface area contributed by atoms with Crippen molar-refractivity contribution in [2.75, 3.05) is 0 Å². The second kappa shape index (κ2) is 5.98. The van der Waals surface area contributed by atoms with E-state index in [-0.39, 0.29) is 17.5 Å². The van der Waals surface area contributed by atoms with E-state index >= 15 is 0 Å². The van der Waals surface area contributed by atoms with Crippen LogP contribution in [-0.2, 0) is 11.5 Å². The van der Waals surface area contributed by atoms with Crippen molar-refractivity contribution in [3.05, 3.63) is 57.8 Å². The van der Waals surface area contributed by atoms with Gasteiger partial charge in [0.2, 0.25) is 5.78 Å². The van der Waals surface area contributed by atoms with Crippen LogP contribution in [0.25, 0.3) is 0 Å². The maximum Gasteiger partial charge on any atom is 0.406 e. The highest BCUT2D eigenvalue weighted by atomic mass is 35.5. The Morgan fingerprint density at radius 2 is 2.00 bits per heavy atom. The molecule has 7 heteroatoms.